The van der Waals surface area contributed by atoms with Gasteiger partial charge in [-0.1, -0.05) is 0 Å². The van der Waals surface area contributed by atoms with Crippen molar-refractivity contribution in [2.45, 2.75) is 19.3 Å². The molecule has 2 nitrogen and oxygen atoms in total. The fraction of sp³-hybridized carbons (Fsp3) is 0.444. The van der Waals surface area contributed by atoms with Crippen LogP contribution in [0.4, 0.5) is 0 Å². The molecule has 64 valence electrons. The molecule has 0 saturated carbocycles. The van der Waals surface area contributed by atoms with Crippen molar-refractivity contribution in [3.05, 3.63) is 31.2 Å². The highest BCUT2D eigenvalue weighted by Gasteiger charge is 2.15. The Kier molecular flexibility index (Phi) is 1.98. The summed E-state index contributed by atoms with van der Waals surface area (Å²) >= 11 is 2.11. The largest absolute Gasteiger partial charge is 0.315 e. The third kappa shape index (κ3) is 1.11. The fourth-order valence-electron chi connectivity index (χ4n) is 1.79. The Morgan fingerprint density at radius 1 is 1.50 bits per heavy atom. The summed E-state index contributed by atoms with van der Waals surface area (Å²) in [7, 11) is 1.87. The molecule has 0 saturated heterocycles. The first-order valence-electron chi connectivity index (χ1n) is 4.07. The second-order valence-electron chi connectivity index (χ2n) is 3.18. The molecule has 0 fully saturated rings. The first-order chi connectivity index (χ1) is 5.70. The molecule has 0 aromatic carbocycles. The quantitative estimate of drug-likeness (QED) is 0.657. The lowest BCUT2D eigenvalue weighted by Crippen LogP contribution is -2.22. The van der Waals surface area contributed by atoms with Crippen LogP contribution in [-0.2, 0) is 19.9 Å². The molecule has 1 heterocycles. The molecule has 0 unspecified atom stereocenters. The monoisotopic (exact) mass is 275 g/mol. The number of halogens is 1. The second kappa shape index (κ2) is 2.87. The highest BCUT2D eigenvalue weighted by Crippen LogP contribution is 2.20. The van der Waals surface area contributed by atoms with E-state index in [1.54, 1.807) is 4.57 Å². The molecule has 0 atom stereocenters. The van der Waals surface area contributed by atoms with Gasteiger partial charge in [-0.15, -0.1) is 0 Å². The number of pyridine rings is 1. The summed E-state index contributed by atoms with van der Waals surface area (Å²) in [5.74, 6) is 0. The van der Waals surface area contributed by atoms with Gasteiger partial charge in [-0.25, -0.2) is 0 Å². The summed E-state index contributed by atoms with van der Waals surface area (Å²) in [6.07, 6.45) is 3.40. The Labute approximate surface area is 84.7 Å². The number of fused-ring (bicyclic) bond motifs is 1. The van der Waals surface area contributed by atoms with Crippen LogP contribution in [0.15, 0.2) is 10.9 Å². The maximum Gasteiger partial charge on any atom is 0.263 e. The van der Waals surface area contributed by atoms with E-state index in [9.17, 15) is 4.79 Å². The highest BCUT2D eigenvalue weighted by molar-refractivity contribution is 14.1. The molecule has 1 aliphatic carbocycles. The molecule has 0 aliphatic heterocycles. The number of aromatic nitrogens is 1. The van der Waals surface area contributed by atoms with Crippen molar-refractivity contribution >= 4 is 22.6 Å². The van der Waals surface area contributed by atoms with Crippen LogP contribution in [0.2, 0.25) is 0 Å². The van der Waals surface area contributed by atoms with Crippen LogP contribution >= 0.6 is 22.6 Å². The van der Waals surface area contributed by atoms with E-state index in [1.165, 1.54) is 17.7 Å². The van der Waals surface area contributed by atoms with E-state index < -0.39 is 0 Å². The summed E-state index contributed by atoms with van der Waals surface area (Å²) in [5, 5.41) is 0. The molecule has 0 spiro atoms. The van der Waals surface area contributed by atoms with Crippen molar-refractivity contribution in [3.8, 4) is 0 Å². The predicted molar refractivity (Wildman–Crippen MR) is 56.4 cm³/mol. The van der Waals surface area contributed by atoms with E-state index >= 15 is 0 Å². The van der Waals surface area contributed by atoms with E-state index in [1.807, 2.05) is 13.1 Å². The highest BCUT2D eigenvalue weighted by atomic mass is 127. The average molecular weight is 275 g/mol. The summed E-state index contributed by atoms with van der Waals surface area (Å²) in [6, 6.07) is 2.03. The lowest BCUT2D eigenvalue weighted by Gasteiger charge is -2.06. The Morgan fingerprint density at radius 2 is 2.25 bits per heavy atom. The van der Waals surface area contributed by atoms with Crippen LogP contribution in [0.1, 0.15) is 17.7 Å². The first-order valence-corrected chi connectivity index (χ1v) is 5.15. The minimum Gasteiger partial charge on any atom is -0.315 e. The molecule has 1 aromatic heterocycles. The smallest absolute Gasteiger partial charge is 0.263 e. The molecule has 2 rings (SSSR count). The van der Waals surface area contributed by atoms with Crippen LogP contribution in [0.25, 0.3) is 0 Å². The Hall–Kier alpha value is -0.320. The van der Waals surface area contributed by atoms with Crippen molar-refractivity contribution in [2.75, 3.05) is 0 Å². The molecule has 0 N–H and O–H groups in total. The molecule has 0 radical (unpaired) electrons. The molecule has 0 bridgehead atoms. The van der Waals surface area contributed by atoms with Gasteiger partial charge in [0.2, 0.25) is 0 Å². The first kappa shape index (κ1) is 8.29. The maximum atomic E-state index is 11.5. The molecular weight excluding hydrogens is 265 g/mol. The molecule has 3 heteroatoms. The van der Waals surface area contributed by atoms with Crippen molar-refractivity contribution in [1.82, 2.24) is 4.57 Å². The van der Waals surface area contributed by atoms with Gasteiger partial charge in [-0.3, -0.25) is 4.79 Å². The zero-order valence-corrected chi connectivity index (χ0v) is 9.09. The van der Waals surface area contributed by atoms with Gasteiger partial charge < -0.3 is 4.57 Å². The third-order valence-electron chi connectivity index (χ3n) is 2.45. The number of aryl methyl sites for hydroxylation is 1. The van der Waals surface area contributed by atoms with E-state index in [-0.39, 0.29) is 5.56 Å². The number of hydrogen-bond donors (Lipinski definition) is 0. The van der Waals surface area contributed by atoms with Crippen molar-refractivity contribution < 1.29 is 0 Å². The topological polar surface area (TPSA) is 22.0 Å². The van der Waals surface area contributed by atoms with Crippen molar-refractivity contribution in [3.63, 3.8) is 0 Å². The van der Waals surface area contributed by atoms with Gasteiger partial charge in [-0.2, -0.15) is 0 Å². The maximum absolute atomic E-state index is 11.5. The zero-order valence-electron chi connectivity index (χ0n) is 6.93. The molecule has 12 heavy (non-hydrogen) atoms. The van der Waals surface area contributed by atoms with Crippen molar-refractivity contribution in [2.24, 2.45) is 7.05 Å². The van der Waals surface area contributed by atoms with Gasteiger partial charge in [0.1, 0.15) is 0 Å². The second-order valence-corrected chi connectivity index (χ2v) is 4.34. The predicted octanol–water partition coefficient (Wildman–Crippen LogP) is 1.48. The summed E-state index contributed by atoms with van der Waals surface area (Å²) in [6.45, 7) is 0. The summed E-state index contributed by atoms with van der Waals surface area (Å²) < 4.78 is 2.64. The lowest BCUT2D eigenvalue weighted by atomic mass is 10.2. The van der Waals surface area contributed by atoms with E-state index in [4.69, 9.17) is 0 Å². The lowest BCUT2D eigenvalue weighted by molar-refractivity contribution is 0.774. The van der Waals surface area contributed by atoms with E-state index in [0.29, 0.717) is 0 Å². The van der Waals surface area contributed by atoms with Gasteiger partial charge in [0, 0.05) is 12.7 Å². The summed E-state index contributed by atoms with van der Waals surface area (Å²) in [5.41, 5.74) is 2.75. The number of hydrogen-bond acceptors (Lipinski definition) is 1. The molecule has 0 amide bonds. The van der Waals surface area contributed by atoms with Crippen LogP contribution < -0.4 is 5.56 Å². The Morgan fingerprint density at radius 3 is 3.00 bits per heavy atom. The third-order valence-corrected chi connectivity index (χ3v) is 3.22. The van der Waals surface area contributed by atoms with Crippen LogP contribution in [-0.4, -0.2) is 4.57 Å². The van der Waals surface area contributed by atoms with Crippen LogP contribution in [0, 0.1) is 3.57 Å². The standard InChI is InChI=1S/C9H10INO/c1-11-8-4-2-3-6(8)5-7(10)9(11)12/h5H,2-4H2,1H3. The Bertz CT molecular complexity index is 381. The van der Waals surface area contributed by atoms with Gasteiger partial charge >= 0.3 is 0 Å². The van der Waals surface area contributed by atoms with Crippen LogP contribution in [0.3, 0.4) is 0 Å². The van der Waals surface area contributed by atoms with Gasteiger partial charge in [0.05, 0.1) is 3.57 Å². The van der Waals surface area contributed by atoms with E-state index in [0.717, 1.165) is 16.4 Å². The minimum atomic E-state index is 0.149. The Balaban J connectivity index is 2.76. The normalized spacial score (nSPS) is 14.8. The molecular formula is C9H10INO. The summed E-state index contributed by atoms with van der Waals surface area (Å²) in [4.78, 5) is 11.5. The van der Waals surface area contributed by atoms with Gasteiger partial charge in [0.15, 0.2) is 0 Å². The average Bonchev–Trinajstić information content (AvgIpc) is 2.48. The molecule has 1 aliphatic rings. The number of nitrogens with zero attached hydrogens (tertiary/aromatic N) is 1. The molecule has 1 aromatic rings. The van der Waals surface area contributed by atoms with Gasteiger partial charge in [0.25, 0.3) is 5.56 Å². The SMILES string of the molecule is Cn1c2c(cc(I)c1=O)CCC2. The van der Waals surface area contributed by atoms with Crippen LogP contribution in [0.5, 0.6) is 0 Å². The fourth-order valence-corrected chi connectivity index (χ4v) is 2.52. The van der Waals surface area contributed by atoms with E-state index in [2.05, 4.69) is 22.6 Å². The minimum absolute atomic E-state index is 0.149. The zero-order chi connectivity index (χ0) is 8.72. The van der Waals surface area contributed by atoms with Crippen molar-refractivity contribution in [1.29, 1.82) is 0 Å². The van der Waals surface area contributed by atoms with Gasteiger partial charge in [-0.05, 0) is 53.5 Å². The number of rotatable bonds is 0.